The van der Waals surface area contributed by atoms with Crippen molar-refractivity contribution in [2.45, 2.75) is 59.4 Å². The summed E-state index contributed by atoms with van der Waals surface area (Å²) in [6, 6.07) is 14.8. The van der Waals surface area contributed by atoms with Crippen molar-refractivity contribution in [3.05, 3.63) is 77.1 Å². The number of hydrogen-bond donors (Lipinski definition) is 4. The third-order valence-electron chi connectivity index (χ3n) is 8.19. The Labute approximate surface area is 282 Å². The zero-order valence-corrected chi connectivity index (χ0v) is 29.0. The van der Waals surface area contributed by atoms with Gasteiger partial charge in [-0.25, -0.2) is 9.59 Å². The molecule has 1 heterocycles. The summed E-state index contributed by atoms with van der Waals surface area (Å²) in [6.07, 6.45) is 2.66. The van der Waals surface area contributed by atoms with E-state index in [0.717, 1.165) is 57.1 Å². The van der Waals surface area contributed by atoms with Crippen molar-refractivity contribution in [2.75, 3.05) is 43.8 Å². The topological polar surface area (TPSA) is 148 Å². The van der Waals surface area contributed by atoms with Gasteiger partial charge in [-0.3, -0.25) is 15.1 Å². The summed E-state index contributed by atoms with van der Waals surface area (Å²) >= 11 is 0. The first-order valence-electron chi connectivity index (χ1n) is 16.0. The van der Waals surface area contributed by atoms with Gasteiger partial charge in [-0.05, 0) is 64.1 Å². The quantitative estimate of drug-likeness (QED) is 0.143. The van der Waals surface area contributed by atoms with Gasteiger partial charge in [0.2, 0.25) is 0 Å². The van der Waals surface area contributed by atoms with Gasteiger partial charge in [0.05, 0.1) is 24.2 Å². The van der Waals surface area contributed by atoms with E-state index in [1.165, 1.54) is 12.0 Å². The lowest BCUT2D eigenvalue weighted by Gasteiger charge is -2.24. The van der Waals surface area contributed by atoms with Crippen LogP contribution in [0.3, 0.4) is 0 Å². The Hall–Kier alpha value is -5.16. The van der Waals surface area contributed by atoms with E-state index >= 15 is 0 Å². The fraction of sp³-hybridized carbons (Fsp3) is 0.351. The van der Waals surface area contributed by atoms with Crippen LogP contribution in [0, 0.1) is 0 Å². The molecule has 0 saturated heterocycles. The molecule has 4 amide bonds. The molecule has 4 rings (SSSR count). The molecule has 1 aromatic heterocycles. The molecule has 11 heteroatoms. The van der Waals surface area contributed by atoms with Crippen molar-refractivity contribution in [3.8, 4) is 16.9 Å². The third-order valence-corrected chi connectivity index (χ3v) is 8.19. The number of urea groups is 1. The third kappa shape index (κ3) is 7.86. The molecule has 48 heavy (non-hydrogen) atoms. The normalized spacial score (nSPS) is 11.2. The lowest BCUT2D eigenvalue weighted by molar-refractivity contribution is -0.131. The van der Waals surface area contributed by atoms with Gasteiger partial charge in [-0.1, -0.05) is 65.0 Å². The van der Waals surface area contributed by atoms with E-state index in [9.17, 15) is 14.4 Å². The number of benzene rings is 3. The number of nitrogens with one attached hydrogen (secondary N) is 3. The van der Waals surface area contributed by atoms with Crippen LogP contribution >= 0.6 is 0 Å². The summed E-state index contributed by atoms with van der Waals surface area (Å²) in [7, 11) is 4.58. The molecule has 0 fully saturated rings. The number of methoxy groups -OCH3 is 1. The van der Waals surface area contributed by atoms with Crippen molar-refractivity contribution < 1.29 is 23.9 Å². The second-order valence-corrected chi connectivity index (χ2v) is 12.6. The van der Waals surface area contributed by atoms with Gasteiger partial charge >= 0.3 is 12.1 Å². The van der Waals surface area contributed by atoms with E-state index in [-0.39, 0.29) is 22.8 Å². The molecule has 3 aromatic carbocycles. The van der Waals surface area contributed by atoms with Gasteiger partial charge in [0.1, 0.15) is 0 Å². The van der Waals surface area contributed by atoms with Crippen molar-refractivity contribution >= 4 is 45.9 Å². The number of likely N-dealkylation sites (N-methyl/N-ethyl adjacent to an activating group) is 1. The average Bonchev–Trinajstić information content (AvgIpc) is 3.06. The molecule has 0 aliphatic carbocycles. The molecule has 0 unspecified atom stereocenters. The van der Waals surface area contributed by atoms with Crippen LogP contribution in [0.4, 0.5) is 26.7 Å². The zero-order chi connectivity index (χ0) is 35.2. The maximum Gasteiger partial charge on any atom is 0.412 e. The van der Waals surface area contributed by atoms with Gasteiger partial charge in [-0.2, -0.15) is 0 Å². The Bertz CT molecular complexity index is 1830. The number of rotatable bonds is 10. The SMILES string of the molecule is CCc1cnc(CC)c(-c2ccc(NC(=O)Nc3cc(C(C)(C)C)cc(NC(=O)OCC(=O)N(C)C)c3OC)c3ccccc23)c1CN. The molecule has 0 spiro atoms. The van der Waals surface area contributed by atoms with Gasteiger partial charge in [0.15, 0.2) is 12.4 Å². The minimum absolute atomic E-state index is 0.221. The highest BCUT2D eigenvalue weighted by Crippen LogP contribution is 2.40. The second-order valence-electron chi connectivity index (χ2n) is 12.6. The van der Waals surface area contributed by atoms with Crippen LogP contribution in [0.2, 0.25) is 0 Å². The van der Waals surface area contributed by atoms with Crippen molar-refractivity contribution in [3.63, 3.8) is 0 Å². The van der Waals surface area contributed by atoms with E-state index in [2.05, 4.69) is 29.8 Å². The molecule has 0 atom stereocenters. The molecule has 0 aliphatic rings. The van der Waals surface area contributed by atoms with Crippen molar-refractivity contribution in [1.82, 2.24) is 9.88 Å². The fourth-order valence-corrected chi connectivity index (χ4v) is 5.53. The van der Waals surface area contributed by atoms with Crippen molar-refractivity contribution in [2.24, 2.45) is 5.73 Å². The summed E-state index contributed by atoms with van der Waals surface area (Å²) in [5.41, 5.74) is 13.2. The van der Waals surface area contributed by atoms with E-state index in [4.69, 9.17) is 20.2 Å². The second kappa shape index (κ2) is 15.2. The largest absolute Gasteiger partial charge is 0.492 e. The Morgan fingerprint density at radius 1 is 0.896 bits per heavy atom. The van der Waals surface area contributed by atoms with E-state index in [1.54, 1.807) is 26.2 Å². The highest BCUT2D eigenvalue weighted by molar-refractivity contribution is 6.10. The number of nitrogens with zero attached hydrogens (tertiary/aromatic N) is 2. The monoisotopic (exact) mass is 654 g/mol. The number of anilines is 3. The van der Waals surface area contributed by atoms with Gasteiger partial charge in [-0.15, -0.1) is 0 Å². The maximum atomic E-state index is 13.6. The number of fused-ring (bicyclic) bond motifs is 1. The minimum atomic E-state index is -0.833. The highest BCUT2D eigenvalue weighted by atomic mass is 16.6. The number of aromatic nitrogens is 1. The number of amides is 4. The predicted octanol–water partition coefficient (Wildman–Crippen LogP) is 7.07. The smallest absolute Gasteiger partial charge is 0.412 e. The van der Waals surface area contributed by atoms with Crippen LogP contribution in [-0.2, 0) is 34.3 Å². The fourth-order valence-electron chi connectivity index (χ4n) is 5.53. The van der Waals surface area contributed by atoms with Crippen molar-refractivity contribution in [1.29, 1.82) is 0 Å². The van der Waals surface area contributed by atoms with Crippen LogP contribution < -0.4 is 26.4 Å². The first-order valence-corrected chi connectivity index (χ1v) is 16.0. The number of carbonyl (C=O) groups is 3. The summed E-state index contributed by atoms with van der Waals surface area (Å²) in [5.74, 6) is -0.143. The van der Waals surface area contributed by atoms with Crippen LogP contribution in [0.1, 0.15) is 57.0 Å². The Kier molecular flexibility index (Phi) is 11.3. The Morgan fingerprint density at radius 2 is 1.54 bits per heavy atom. The molecule has 0 aliphatic heterocycles. The molecule has 0 bridgehead atoms. The summed E-state index contributed by atoms with van der Waals surface area (Å²) in [5, 5.41) is 10.4. The van der Waals surface area contributed by atoms with Gasteiger partial charge in [0.25, 0.3) is 5.91 Å². The number of ether oxygens (including phenoxy) is 2. The molecule has 0 saturated carbocycles. The zero-order valence-electron chi connectivity index (χ0n) is 29.0. The van der Waals surface area contributed by atoms with Crippen LogP contribution in [0.15, 0.2) is 54.7 Å². The van der Waals surface area contributed by atoms with E-state index in [1.807, 2.05) is 63.4 Å². The molecular weight excluding hydrogens is 608 g/mol. The lowest BCUT2D eigenvalue weighted by atomic mass is 9.86. The summed E-state index contributed by atoms with van der Waals surface area (Å²) in [4.78, 5) is 44.3. The van der Waals surface area contributed by atoms with E-state index in [0.29, 0.717) is 17.9 Å². The summed E-state index contributed by atoms with van der Waals surface area (Å²) in [6.45, 7) is 10.2. The summed E-state index contributed by atoms with van der Waals surface area (Å²) < 4.78 is 10.8. The molecule has 4 aromatic rings. The first kappa shape index (κ1) is 35.7. The predicted molar refractivity (Wildman–Crippen MR) is 192 cm³/mol. The molecule has 254 valence electrons. The molecular formula is C37H46N6O5. The molecule has 0 radical (unpaired) electrons. The Morgan fingerprint density at radius 3 is 2.12 bits per heavy atom. The van der Waals surface area contributed by atoms with Crippen LogP contribution in [0.25, 0.3) is 21.9 Å². The minimum Gasteiger partial charge on any atom is -0.492 e. The van der Waals surface area contributed by atoms with E-state index < -0.39 is 18.7 Å². The van der Waals surface area contributed by atoms with Gasteiger partial charge in [0, 0.05) is 43.5 Å². The Balaban J connectivity index is 1.69. The maximum absolute atomic E-state index is 13.6. The number of hydrogen-bond acceptors (Lipinski definition) is 7. The van der Waals surface area contributed by atoms with Crippen LogP contribution in [0.5, 0.6) is 5.75 Å². The van der Waals surface area contributed by atoms with Crippen LogP contribution in [-0.4, -0.2) is 55.7 Å². The van der Waals surface area contributed by atoms with Gasteiger partial charge < -0.3 is 30.7 Å². The number of aryl methyl sites for hydroxylation is 2. The molecule has 11 nitrogen and oxygen atoms in total. The first-order chi connectivity index (χ1) is 22.8. The highest BCUT2D eigenvalue weighted by Gasteiger charge is 2.23. The molecule has 5 N–H and O–H groups in total. The number of nitrogens with two attached hydrogens (primary N) is 1. The lowest BCUT2D eigenvalue weighted by Crippen LogP contribution is -2.29. The number of pyridine rings is 1. The standard InChI is InChI=1S/C37H46N6O5/c1-9-22-20-39-28(10-2)33(27(22)19-38)26-15-16-29(25-14-12-11-13-24(25)26)40-35(45)41-30-17-23(37(3,4)5)18-31(34(30)47-8)42-36(46)48-21-32(44)43(6)7/h11-18,20H,9-10,19,21,38H2,1-8H3,(H,42,46)(H2,40,41,45). The number of carbonyl (C=O) groups excluding carboxylic acids is 3. The average molecular weight is 655 g/mol.